The summed E-state index contributed by atoms with van der Waals surface area (Å²) in [5.41, 5.74) is 1.83. The van der Waals surface area contributed by atoms with Gasteiger partial charge in [0.05, 0.1) is 17.4 Å². The summed E-state index contributed by atoms with van der Waals surface area (Å²) < 4.78 is 0. The van der Waals surface area contributed by atoms with Gasteiger partial charge in [0.1, 0.15) is 5.04 Å². The number of para-hydroxylation sites is 1. The van der Waals surface area contributed by atoms with Crippen LogP contribution in [0, 0.1) is 0 Å². The molecule has 136 valence electrons. The normalized spacial score (nSPS) is 11.9. The van der Waals surface area contributed by atoms with E-state index in [9.17, 15) is 0 Å². The highest BCUT2D eigenvalue weighted by atomic mass is 32.2. The highest BCUT2D eigenvalue weighted by Gasteiger charge is 2.02. The van der Waals surface area contributed by atoms with Crippen LogP contribution >= 0.6 is 23.5 Å². The van der Waals surface area contributed by atoms with Crippen LogP contribution in [0.25, 0.3) is 10.9 Å². The first-order valence-electron chi connectivity index (χ1n) is 8.91. The van der Waals surface area contributed by atoms with E-state index in [4.69, 9.17) is 4.99 Å². The monoisotopic (exact) mass is 398 g/mol. The Morgan fingerprint density at radius 3 is 2.25 bits per heavy atom. The summed E-state index contributed by atoms with van der Waals surface area (Å²) in [6.45, 7) is 0. The van der Waals surface area contributed by atoms with E-state index in [2.05, 4.69) is 52.9 Å². The molecule has 0 N–H and O–H groups in total. The highest BCUT2D eigenvalue weighted by Crippen LogP contribution is 2.26. The van der Waals surface area contributed by atoms with E-state index in [0.29, 0.717) is 0 Å². The quantitative estimate of drug-likeness (QED) is 0.199. The number of benzene rings is 3. The lowest BCUT2D eigenvalue weighted by Crippen LogP contribution is -1.87. The first-order chi connectivity index (χ1) is 13.9. The average Bonchev–Trinajstić information content (AvgIpc) is 2.75. The molecule has 1 aromatic heterocycles. The van der Waals surface area contributed by atoms with Gasteiger partial charge in [-0.05, 0) is 47.9 Å². The number of pyridine rings is 1. The molecular formula is C24H18N2S2. The molecule has 0 radical (unpaired) electrons. The minimum absolute atomic E-state index is 0.853. The van der Waals surface area contributed by atoms with Crippen molar-refractivity contribution in [2.24, 2.45) is 4.99 Å². The number of nitrogens with zero attached hydrogens (tertiary/aromatic N) is 2. The van der Waals surface area contributed by atoms with Crippen molar-refractivity contribution in [1.29, 1.82) is 0 Å². The molecule has 1 heterocycles. The molecule has 0 aliphatic heterocycles. The maximum atomic E-state index is 4.85. The summed E-state index contributed by atoms with van der Waals surface area (Å²) >= 11 is 3.33. The number of fused-ring (bicyclic) bond motifs is 1. The van der Waals surface area contributed by atoms with Crippen molar-refractivity contribution < 1.29 is 0 Å². The summed E-state index contributed by atoms with van der Waals surface area (Å²) in [7, 11) is 0. The van der Waals surface area contributed by atoms with Gasteiger partial charge in [0.2, 0.25) is 0 Å². The first-order valence-corrected chi connectivity index (χ1v) is 10.6. The van der Waals surface area contributed by atoms with Gasteiger partial charge < -0.3 is 0 Å². The molecule has 2 nitrogen and oxygen atoms in total. The lowest BCUT2D eigenvalue weighted by atomic mass is 10.2. The van der Waals surface area contributed by atoms with E-state index in [0.717, 1.165) is 26.5 Å². The molecule has 0 aliphatic rings. The van der Waals surface area contributed by atoms with Crippen molar-refractivity contribution in [3.8, 4) is 0 Å². The van der Waals surface area contributed by atoms with Crippen LogP contribution in [0.4, 0.5) is 5.69 Å². The van der Waals surface area contributed by atoms with Gasteiger partial charge in [-0.3, -0.25) is 4.98 Å². The van der Waals surface area contributed by atoms with Crippen LogP contribution in [0.2, 0.25) is 0 Å². The molecule has 0 aliphatic carbocycles. The lowest BCUT2D eigenvalue weighted by Gasteiger charge is -2.04. The second kappa shape index (κ2) is 9.40. The Morgan fingerprint density at radius 2 is 1.46 bits per heavy atom. The van der Waals surface area contributed by atoms with Crippen LogP contribution in [-0.2, 0) is 0 Å². The van der Waals surface area contributed by atoms with Gasteiger partial charge in [-0.25, -0.2) is 4.99 Å². The van der Waals surface area contributed by atoms with Gasteiger partial charge in [0.25, 0.3) is 0 Å². The predicted octanol–water partition coefficient (Wildman–Crippen LogP) is 7.36. The molecule has 0 fully saturated rings. The average molecular weight is 399 g/mol. The summed E-state index contributed by atoms with van der Waals surface area (Å²) in [6.07, 6.45) is 3.89. The van der Waals surface area contributed by atoms with Gasteiger partial charge in [0, 0.05) is 15.2 Å². The Hall–Kier alpha value is -2.82. The molecule has 0 amide bonds. The minimum atomic E-state index is 0.853. The minimum Gasteiger partial charge on any atom is -0.254 e. The third kappa shape index (κ3) is 5.12. The number of thioether (sulfide) groups is 2. The predicted molar refractivity (Wildman–Crippen MR) is 123 cm³/mol. The van der Waals surface area contributed by atoms with E-state index in [1.54, 1.807) is 23.5 Å². The molecule has 0 unspecified atom stereocenters. The fourth-order valence-electron chi connectivity index (χ4n) is 2.62. The smallest absolute Gasteiger partial charge is 0.102 e. The van der Waals surface area contributed by atoms with Crippen LogP contribution in [0.5, 0.6) is 0 Å². The molecule has 0 atom stereocenters. The Morgan fingerprint density at radius 1 is 0.786 bits per heavy atom. The summed E-state index contributed by atoms with van der Waals surface area (Å²) in [5, 5.41) is 4.10. The highest BCUT2D eigenvalue weighted by molar-refractivity contribution is 8.14. The topological polar surface area (TPSA) is 25.2 Å². The van der Waals surface area contributed by atoms with Crippen molar-refractivity contribution in [2.75, 3.05) is 0 Å². The van der Waals surface area contributed by atoms with Crippen molar-refractivity contribution in [3.05, 3.63) is 109 Å². The maximum Gasteiger partial charge on any atom is 0.102 e. The number of hydrogen-bond acceptors (Lipinski definition) is 4. The Balaban J connectivity index is 1.61. The Bertz CT molecular complexity index is 1110. The summed E-state index contributed by atoms with van der Waals surface area (Å²) in [5.74, 6) is 0. The van der Waals surface area contributed by atoms with Gasteiger partial charge in [0.15, 0.2) is 0 Å². The zero-order valence-corrected chi connectivity index (χ0v) is 16.7. The van der Waals surface area contributed by atoms with Crippen molar-refractivity contribution in [1.82, 2.24) is 4.98 Å². The number of aliphatic imine (C=N–C) groups is 1. The van der Waals surface area contributed by atoms with E-state index in [1.165, 1.54) is 4.90 Å². The zero-order valence-electron chi connectivity index (χ0n) is 15.1. The number of hydrogen-bond donors (Lipinski definition) is 0. The molecule has 4 rings (SSSR count). The maximum absolute atomic E-state index is 4.85. The first kappa shape index (κ1) is 18.5. The molecule has 4 aromatic rings. The Labute approximate surface area is 173 Å². The molecule has 0 saturated heterocycles. The van der Waals surface area contributed by atoms with E-state index < -0.39 is 0 Å². The van der Waals surface area contributed by atoms with Crippen molar-refractivity contribution in [3.63, 3.8) is 0 Å². The SMILES string of the molecule is C(=CC(=Nc1cnc2ccccc2c1)Sc1ccccc1)Sc1ccccc1. The fourth-order valence-corrected chi connectivity index (χ4v) is 4.20. The molecule has 3 aromatic carbocycles. The number of rotatable bonds is 5. The van der Waals surface area contributed by atoms with Gasteiger partial charge in [-0.15, -0.1) is 0 Å². The second-order valence-electron chi connectivity index (χ2n) is 5.99. The van der Waals surface area contributed by atoms with E-state index >= 15 is 0 Å². The molecule has 4 heteroatoms. The second-order valence-corrected chi connectivity index (χ2v) is 8.06. The zero-order chi connectivity index (χ0) is 19.0. The fraction of sp³-hybridized carbons (Fsp3) is 0. The molecular weight excluding hydrogens is 380 g/mol. The van der Waals surface area contributed by atoms with Crippen LogP contribution < -0.4 is 0 Å². The number of aromatic nitrogens is 1. The van der Waals surface area contributed by atoms with Crippen LogP contribution in [0.1, 0.15) is 0 Å². The van der Waals surface area contributed by atoms with Gasteiger partial charge >= 0.3 is 0 Å². The molecule has 0 saturated carbocycles. The van der Waals surface area contributed by atoms with Gasteiger partial charge in [-0.1, -0.05) is 78.1 Å². The lowest BCUT2D eigenvalue weighted by molar-refractivity contribution is 1.38. The third-order valence-electron chi connectivity index (χ3n) is 3.94. The van der Waals surface area contributed by atoms with Crippen LogP contribution in [0.3, 0.4) is 0 Å². The Kier molecular flexibility index (Phi) is 6.22. The van der Waals surface area contributed by atoms with E-state index in [-0.39, 0.29) is 0 Å². The largest absolute Gasteiger partial charge is 0.254 e. The van der Waals surface area contributed by atoms with Crippen molar-refractivity contribution >= 4 is 45.2 Å². The molecule has 0 spiro atoms. The van der Waals surface area contributed by atoms with Crippen LogP contribution in [0.15, 0.2) is 123 Å². The summed E-state index contributed by atoms with van der Waals surface area (Å²) in [4.78, 5) is 11.7. The summed E-state index contributed by atoms with van der Waals surface area (Å²) in [6, 6.07) is 30.8. The van der Waals surface area contributed by atoms with Gasteiger partial charge in [-0.2, -0.15) is 0 Å². The van der Waals surface area contributed by atoms with E-state index in [1.807, 2.05) is 60.8 Å². The molecule has 0 bridgehead atoms. The third-order valence-corrected chi connectivity index (χ3v) is 5.70. The van der Waals surface area contributed by atoms with Crippen molar-refractivity contribution in [2.45, 2.75) is 9.79 Å². The molecule has 28 heavy (non-hydrogen) atoms. The van der Waals surface area contributed by atoms with Crippen LogP contribution in [-0.4, -0.2) is 10.0 Å². The standard InChI is InChI=1S/C24H18N2S2/c1-3-10-21(11-4-1)27-16-15-24(28-22-12-5-2-6-13-22)26-20-17-19-9-7-8-14-23(19)25-18-20/h1-18H.